The molecule has 0 N–H and O–H groups in total. The molecule has 0 spiro atoms. The summed E-state index contributed by atoms with van der Waals surface area (Å²) in [7, 11) is 0. The number of nitrogens with zero attached hydrogens (tertiary/aromatic N) is 3. The summed E-state index contributed by atoms with van der Waals surface area (Å²) in [4.78, 5) is 8.66. The molecule has 1 unspecified atom stereocenters. The van der Waals surface area contributed by atoms with Gasteiger partial charge in [-0.15, -0.1) is 11.6 Å². The first-order valence-corrected chi connectivity index (χ1v) is 7.04. The molecule has 1 aromatic carbocycles. The second-order valence-electron chi connectivity index (χ2n) is 4.62. The maximum atomic E-state index is 6.21. The number of alkyl halides is 1. The van der Waals surface area contributed by atoms with E-state index in [2.05, 4.69) is 22.0 Å². The topological polar surface area (TPSA) is 51.8 Å². The minimum atomic E-state index is -0.195. The lowest BCUT2D eigenvalue weighted by Gasteiger charge is -2.00. The molecule has 5 heteroatoms. The zero-order chi connectivity index (χ0) is 13.9. The van der Waals surface area contributed by atoms with Gasteiger partial charge in [0.25, 0.3) is 5.89 Å². The zero-order valence-corrected chi connectivity index (χ0v) is 11.8. The molecular formula is C15H14ClN3O. The molecule has 0 saturated heterocycles. The molecule has 0 saturated carbocycles. The Balaban J connectivity index is 1.94. The number of fused-ring (bicyclic) bond motifs is 1. The summed E-state index contributed by atoms with van der Waals surface area (Å²) in [6.07, 6.45) is 3.59. The van der Waals surface area contributed by atoms with E-state index in [0.29, 0.717) is 11.7 Å². The third kappa shape index (κ3) is 2.51. The summed E-state index contributed by atoms with van der Waals surface area (Å²) in [6, 6.07) is 9.77. The van der Waals surface area contributed by atoms with Crippen molar-refractivity contribution in [2.75, 3.05) is 0 Å². The van der Waals surface area contributed by atoms with E-state index in [0.717, 1.165) is 29.3 Å². The molecule has 2 heterocycles. The average molecular weight is 288 g/mol. The SMILES string of the molecule is CCCC(Cl)c1noc(-c2ccc3ncccc3c2)n1. The van der Waals surface area contributed by atoms with E-state index >= 15 is 0 Å². The van der Waals surface area contributed by atoms with E-state index in [9.17, 15) is 0 Å². The number of rotatable bonds is 4. The fourth-order valence-corrected chi connectivity index (χ4v) is 2.38. The number of aromatic nitrogens is 3. The molecule has 4 nitrogen and oxygen atoms in total. The molecule has 1 atom stereocenters. The van der Waals surface area contributed by atoms with Gasteiger partial charge in [0.1, 0.15) is 0 Å². The van der Waals surface area contributed by atoms with Crippen LogP contribution in [-0.2, 0) is 0 Å². The third-order valence-corrected chi connectivity index (χ3v) is 3.53. The van der Waals surface area contributed by atoms with E-state index in [1.165, 1.54) is 0 Å². The van der Waals surface area contributed by atoms with Crippen molar-refractivity contribution in [3.8, 4) is 11.5 Å². The monoisotopic (exact) mass is 287 g/mol. The maximum Gasteiger partial charge on any atom is 0.257 e. The smallest absolute Gasteiger partial charge is 0.257 e. The van der Waals surface area contributed by atoms with Crippen molar-refractivity contribution in [3.05, 3.63) is 42.4 Å². The van der Waals surface area contributed by atoms with Crippen LogP contribution in [0.15, 0.2) is 41.1 Å². The minimum Gasteiger partial charge on any atom is -0.334 e. The molecular weight excluding hydrogens is 274 g/mol. The average Bonchev–Trinajstić information content (AvgIpc) is 2.97. The summed E-state index contributed by atoms with van der Waals surface area (Å²) in [6.45, 7) is 2.08. The highest BCUT2D eigenvalue weighted by Gasteiger charge is 2.16. The number of pyridine rings is 1. The molecule has 0 fully saturated rings. The van der Waals surface area contributed by atoms with Gasteiger partial charge in [0.2, 0.25) is 0 Å². The van der Waals surface area contributed by atoms with Gasteiger partial charge in [-0.05, 0) is 30.7 Å². The van der Waals surface area contributed by atoms with Gasteiger partial charge in [-0.1, -0.05) is 24.6 Å². The molecule has 3 rings (SSSR count). The van der Waals surface area contributed by atoms with Crippen molar-refractivity contribution in [2.24, 2.45) is 0 Å². The molecule has 0 aliphatic carbocycles. The van der Waals surface area contributed by atoms with Gasteiger partial charge in [0.15, 0.2) is 5.82 Å². The molecule has 102 valence electrons. The third-order valence-electron chi connectivity index (χ3n) is 3.11. The minimum absolute atomic E-state index is 0.195. The van der Waals surface area contributed by atoms with E-state index in [1.807, 2.05) is 30.3 Å². The summed E-state index contributed by atoms with van der Waals surface area (Å²) in [5.41, 5.74) is 1.82. The lowest BCUT2D eigenvalue weighted by molar-refractivity contribution is 0.420. The van der Waals surface area contributed by atoms with Gasteiger partial charge in [-0.3, -0.25) is 4.98 Å². The predicted octanol–water partition coefficient (Wildman–Crippen LogP) is 4.36. The van der Waals surface area contributed by atoms with Crippen molar-refractivity contribution in [1.29, 1.82) is 0 Å². The fraction of sp³-hybridized carbons (Fsp3) is 0.267. The quantitative estimate of drug-likeness (QED) is 0.669. The molecule has 0 amide bonds. The van der Waals surface area contributed by atoms with Crippen LogP contribution in [0.5, 0.6) is 0 Å². The molecule has 0 radical (unpaired) electrons. The van der Waals surface area contributed by atoms with Gasteiger partial charge < -0.3 is 4.52 Å². The number of benzene rings is 1. The summed E-state index contributed by atoms with van der Waals surface area (Å²) in [5, 5.41) is 4.81. The highest BCUT2D eigenvalue weighted by molar-refractivity contribution is 6.20. The van der Waals surface area contributed by atoms with E-state index in [1.54, 1.807) is 6.20 Å². The molecule has 20 heavy (non-hydrogen) atoms. The van der Waals surface area contributed by atoms with Crippen molar-refractivity contribution in [1.82, 2.24) is 15.1 Å². The Bertz CT molecular complexity index is 726. The lowest BCUT2D eigenvalue weighted by atomic mass is 10.1. The van der Waals surface area contributed by atoms with Crippen molar-refractivity contribution in [3.63, 3.8) is 0 Å². The highest BCUT2D eigenvalue weighted by atomic mass is 35.5. The second-order valence-corrected chi connectivity index (χ2v) is 5.15. The fourth-order valence-electron chi connectivity index (χ4n) is 2.07. The van der Waals surface area contributed by atoms with Crippen LogP contribution in [0.4, 0.5) is 0 Å². The number of hydrogen-bond acceptors (Lipinski definition) is 4. The Labute approximate surface area is 121 Å². The van der Waals surface area contributed by atoms with Crippen LogP contribution in [0.1, 0.15) is 31.0 Å². The van der Waals surface area contributed by atoms with Crippen LogP contribution in [0.3, 0.4) is 0 Å². The van der Waals surface area contributed by atoms with Crippen LogP contribution >= 0.6 is 11.6 Å². The Morgan fingerprint density at radius 2 is 2.20 bits per heavy atom. The van der Waals surface area contributed by atoms with Gasteiger partial charge in [0.05, 0.1) is 10.9 Å². The van der Waals surface area contributed by atoms with Gasteiger partial charge >= 0.3 is 0 Å². The molecule has 0 aliphatic heterocycles. The standard InChI is InChI=1S/C15H14ClN3O/c1-2-4-12(16)14-18-15(20-19-14)11-6-7-13-10(9-11)5-3-8-17-13/h3,5-9,12H,2,4H2,1H3. The Hall–Kier alpha value is -1.94. The molecule has 2 aromatic heterocycles. The first kappa shape index (κ1) is 13.1. The molecule has 0 bridgehead atoms. The van der Waals surface area contributed by atoms with Gasteiger partial charge in [-0.25, -0.2) is 0 Å². The Morgan fingerprint density at radius 1 is 1.30 bits per heavy atom. The molecule has 0 aliphatic rings. The summed E-state index contributed by atoms with van der Waals surface area (Å²) < 4.78 is 5.30. The van der Waals surface area contributed by atoms with Gasteiger partial charge in [-0.2, -0.15) is 4.98 Å². The highest BCUT2D eigenvalue weighted by Crippen LogP contribution is 2.27. The second kappa shape index (κ2) is 5.59. The van der Waals surface area contributed by atoms with E-state index in [-0.39, 0.29) is 5.38 Å². The van der Waals surface area contributed by atoms with Gasteiger partial charge in [0, 0.05) is 17.1 Å². The Kier molecular flexibility index (Phi) is 3.65. The van der Waals surface area contributed by atoms with Crippen LogP contribution in [0.2, 0.25) is 0 Å². The normalized spacial score (nSPS) is 12.7. The van der Waals surface area contributed by atoms with Crippen molar-refractivity contribution < 1.29 is 4.52 Å². The van der Waals surface area contributed by atoms with Crippen LogP contribution in [0, 0.1) is 0 Å². The Morgan fingerprint density at radius 3 is 3.05 bits per heavy atom. The predicted molar refractivity (Wildman–Crippen MR) is 78.5 cm³/mol. The summed E-state index contributed by atoms with van der Waals surface area (Å²) in [5.74, 6) is 1.04. The zero-order valence-electron chi connectivity index (χ0n) is 11.1. The molecule has 3 aromatic rings. The van der Waals surface area contributed by atoms with E-state index in [4.69, 9.17) is 16.1 Å². The lowest BCUT2D eigenvalue weighted by Crippen LogP contribution is -1.92. The number of halogens is 1. The number of hydrogen-bond donors (Lipinski definition) is 0. The summed E-state index contributed by atoms with van der Waals surface area (Å²) >= 11 is 6.21. The van der Waals surface area contributed by atoms with Crippen molar-refractivity contribution >= 4 is 22.5 Å². The largest absolute Gasteiger partial charge is 0.334 e. The van der Waals surface area contributed by atoms with Crippen molar-refractivity contribution in [2.45, 2.75) is 25.1 Å². The first-order chi connectivity index (χ1) is 9.78. The van der Waals surface area contributed by atoms with E-state index < -0.39 is 0 Å². The van der Waals surface area contributed by atoms with Crippen LogP contribution in [-0.4, -0.2) is 15.1 Å². The van der Waals surface area contributed by atoms with Crippen LogP contribution < -0.4 is 0 Å². The van der Waals surface area contributed by atoms with Crippen LogP contribution in [0.25, 0.3) is 22.4 Å². The first-order valence-electron chi connectivity index (χ1n) is 6.60. The maximum absolute atomic E-state index is 6.21.